The summed E-state index contributed by atoms with van der Waals surface area (Å²) in [5, 5.41) is 12.4. The topological polar surface area (TPSA) is 58.6 Å². The van der Waals surface area contributed by atoms with E-state index in [4.69, 9.17) is 9.84 Å². The van der Waals surface area contributed by atoms with Gasteiger partial charge in [0.05, 0.1) is 6.42 Å². The summed E-state index contributed by atoms with van der Waals surface area (Å²) in [4.78, 5) is 11.1. The SMILES string of the molecule is O=C(O)CC1=Cc2ccccc2OC12CCNCC2. The fourth-order valence-electron chi connectivity index (χ4n) is 2.92. The first-order chi connectivity index (χ1) is 9.20. The van der Waals surface area contributed by atoms with E-state index in [2.05, 4.69) is 5.32 Å². The molecular formula is C15H17NO3. The first-order valence-corrected chi connectivity index (χ1v) is 6.61. The zero-order chi connectivity index (χ0) is 13.3. The van der Waals surface area contributed by atoms with Crippen molar-refractivity contribution in [3.8, 4) is 5.75 Å². The molecule has 0 unspecified atom stereocenters. The minimum atomic E-state index is -0.799. The fraction of sp³-hybridized carbons (Fsp3) is 0.400. The molecule has 4 heteroatoms. The number of nitrogens with one attached hydrogen (secondary N) is 1. The van der Waals surface area contributed by atoms with Gasteiger partial charge in [0.2, 0.25) is 0 Å². The molecule has 0 amide bonds. The third-order valence-corrected chi connectivity index (χ3v) is 3.89. The van der Waals surface area contributed by atoms with Crippen LogP contribution in [0.1, 0.15) is 24.8 Å². The molecule has 0 radical (unpaired) electrons. The molecule has 100 valence electrons. The quantitative estimate of drug-likeness (QED) is 0.853. The Balaban J connectivity index is 2.02. The lowest BCUT2D eigenvalue weighted by atomic mass is 9.80. The van der Waals surface area contributed by atoms with Gasteiger partial charge in [-0.3, -0.25) is 4.79 Å². The molecule has 0 saturated carbocycles. The van der Waals surface area contributed by atoms with Gasteiger partial charge in [0, 0.05) is 18.4 Å². The van der Waals surface area contributed by atoms with Gasteiger partial charge in [-0.1, -0.05) is 18.2 Å². The van der Waals surface area contributed by atoms with Crippen LogP contribution in [0.2, 0.25) is 0 Å². The number of para-hydroxylation sites is 1. The average Bonchev–Trinajstić information content (AvgIpc) is 2.40. The van der Waals surface area contributed by atoms with Gasteiger partial charge in [0.15, 0.2) is 0 Å². The Labute approximate surface area is 112 Å². The zero-order valence-corrected chi connectivity index (χ0v) is 10.7. The lowest BCUT2D eigenvalue weighted by molar-refractivity contribution is -0.136. The maximum Gasteiger partial charge on any atom is 0.307 e. The summed E-state index contributed by atoms with van der Waals surface area (Å²) >= 11 is 0. The number of hydrogen-bond acceptors (Lipinski definition) is 3. The number of ether oxygens (including phenoxy) is 1. The van der Waals surface area contributed by atoms with Crippen molar-refractivity contribution in [2.45, 2.75) is 24.9 Å². The van der Waals surface area contributed by atoms with Crippen LogP contribution < -0.4 is 10.1 Å². The molecule has 0 atom stereocenters. The second-order valence-corrected chi connectivity index (χ2v) is 5.12. The number of carboxylic acids is 1. The van der Waals surface area contributed by atoms with Crippen molar-refractivity contribution < 1.29 is 14.6 Å². The van der Waals surface area contributed by atoms with E-state index in [1.807, 2.05) is 30.3 Å². The van der Waals surface area contributed by atoms with Crippen molar-refractivity contribution >= 4 is 12.0 Å². The number of hydrogen-bond donors (Lipinski definition) is 2. The summed E-state index contributed by atoms with van der Waals surface area (Å²) in [6.45, 7) is 1.72. The molecule has 2 heterocycles. The van der Waals surface area contributed by atoms with Crippen molar-refractivity contribution in [1.29, 1.82) is 0 Å². The largest absolute Gasteiger partial charge is 0.482 e. The molecule has 1 aromatic rings. The van der Waals surface area contributed by atoms with Crippen LogP contribution >= 0.6 is 0 Å². The number of benzene rings is 1. The Kier molecular flexibility index (Phi) is 3.03. The molecule has 19 heavy (non-hydrogen) atoms. The number of carboxylic acid groups (broad SMARTS) is 1. The molecule has 0 aliphatic carbocycles. The lowest BCUT2D eigenvalue weighted by Gasteiger charge is -2.42. The number of rotatable bonds is 2. The fourth-order valence-corrected chi connectivity index (χ4v) is 2.92. The molecule has 3 rings (SSSR count). The summed E-state index contributed by atoms with van der Waals surface area (Å²) in [7, 11) is 0. The molecule has 4 nitrogen and oxygen atoms in total. The van der Waals surface area contributed by atoms with E-state index >= 15 is 0 Å². The Bertz CT molecular complexity index is 530. The van der Waals surface area contributed by atoms with E-state index < -0.39 is 11.6 Å². The number of fused-ring (bicyclic) bond motifs is 1. The minimum Gasteiger partial charge on any atom is -0.482 e. The van der Waals surface area contributed by atoms with E-state index in [-0.39, 0.29) is 6.42 Å². The van der Waals surface area contributed by atoms with Crippen LogP contribution in [0.5, 0.6) is 5.75 Å². The normalized spacial score (nSPS) is 20.3. The number of piperidine rings is 1. The minimum absolute atomic E-state index is 0.0499. The summed E-state index contributed by atoms with van der Waals surface area (Å²) in [5.74, 6) is 0.0608. The predicted octanol–water partition coefficient (Wildman–Crippen LogP) is 2.06. The van der Waals surface area contributed by atoms with E-state index in [1.165, 1.54) is 0 Å². The standard InChI is InChI=1S/C15H17NO3/c17-14(18)10-12-9-11-3-1-2-4-13(11)19-15(12)5-7-16-8-6-15/h1-4,9,16H,5-8,10H2,(H,17,18). The molecule has 1 spiro atoms. The Morgan fingerprint density at radius 3 is 2.79 bits per heavy atom. The van der Waals surface area contributed by atoms with Crippen molar-refractivity contribution in [3.05, 3.63) is 35.4 Å². The Morgan fingerprint density at radius 2 is 2.05 bits per heavy atom. The van der Waals surface area contributed by atoms with Gasteiger partial charge >= 0.3 is 5.97 Å². The molecule has 2 aliphatic heterocycles. The highest BCUT2D eigenvalue weighted by atomic mass is 16.5. The average molecular weight is 259 g/mol. The molecule has 1 saturated heterocycles. The van der Waals surface area contributed by atoms with E-state index in [9.17, 15) is 4.79 Å². The van der Waals surface area contributed by atoms with Gasteiger partial charge in [-0.05, 0) is 30.8 Å². The maximum atomic E-state index is 11.1. The van der Waals surface area contributed by atoms with Gasteiger partial charge in [-0.15, -0.1) is 0 Å². The van der Waals surface area contributed by atoms with Crippen LogP contribution in [0.4, 0.5) is 0 Å². The number of aliphatic carboxylic acids is 1. The van der Waals surface area contributed by atoms with Crippen LogP contribution in [0.25, 0.3) is 6.08 Å². The number of carbonyl (C=O) groups is 1. The van der Waals surface area contributed by atoms with E-state index in [1.54, 1.807) is 0 Å². The summed E-state index contributed by atoms with van der Waals surface area (Å²) in [5.41, 5.74) is 1.43. The first-order valence-electron chi connectivity index (χ1n) is 6.61. The van der Waals surface area contributed by atoms with Gasteiger partial charge in [-0.2, -0.15) is 0 Å². The third kappa shape index (κ3) is 2.24. The van der Waals surface area contributed by atoms with Crippen molar-refractivity contribution in [2.75, 3.05) is 13.1 Å². The second kappa shape index (κ2) is 4.70. The zero-order valence-electron chi connectivity index (χ0n) is 10.7. The van der Waals surface area contributed by atoms with Crippen LogP contribution in [0.3, 0.4) is 0 Å². The van der Waals surface area contributed by atoms with Crippen molar-refractivity contribution in [2.24, 2.45) is 0 Å². The monoisotopic (exact) mass is 259 g/mol. The summed E-state index contributed by atoms with van der Waals surface area (Å²) in [6.07, 6.45) is 3.69. The van der Waals surface area contributed by atoms with E-state index in [0.717, 1.165) is 42.8 Å². The molecule has 1 fully saturated rings. The van der Waals surface area contributed by atoms with Gasteiger partial charge in [0.25, 0.3) is 0 Å². The maximum absolute atomic E-state index is 11.1. The highest BCUT2D eigenvalue weighted by Gasteiger charge is 2.41. The molecular weight excluding hydrogens is 242 g/mol. The molecule has 0 bridgehead atoms. The predicted molar refractivity (Wildman–Crippen MR) is 72.1 cm³/mol. The molecule has 2 N–H and O–H groups in total. The third-order valence-electron chi connectivity index (χ3n) is 3.89. The summed E-state index contributed by atoms with van der Waals surface area (Å²) in [6, 6.07) is 7.80. The van der Waals surface area contributed by atoms with Gasteiger partial charge in [0.1, 0.15) is 11.4 Å². The highest BCUT2D eigenvalue weighted by Crippen LogP contribution is 2.41. The summed E-state index contributed by atoms with van der Waals surface area (Å²) < 4.78 is 6.20. The van der Waals surface area contributed by atoms with Crippen LogP contribution in [-0.2, 0) is 4.79 Å². The van der Waals surface area contributed by atoms with Crippen LogP contribution in [-0.4, -0.2) is 29.8 Å². The molecule has 2 aliphatic rings. The van der Waals surface area contributed by atoms with E-state index in [0.29, 0.717) is 0 Å². The molecule has 1 aromatic carbocycles. The Morgan fingerprint density at radius 1 is 1.32 bits per heavy atom. The van der Waals surface area contributed by atoms with Gasteiger partial charge in [-0.25, -0.2) is 0 Å². The van der Waals surface area contributed by atoms with Gasteiger partial charge < -0.3 is 15.2 Å². The van der Waals surface area contributed by atoms with Crippen LogP contribution in [0.15, 0.2) is 29.8 Å². The smallest absolute Gasteiger partial charge is 0.307 e. The van der Waals surface area contributed by atoms with Crippen LogP contribution in [0, 0.1) is 0 Å². The molecule has 0 aromatic heterocycles. The first kappa shape index (κ1) is 12.2. The Hall–Kier alpha value is -1.81. The highest BCUT2D eigenvalue weighted by molar-refractivity contribution is 5.76. The van der Waals surface area contributed by atoms with Crippen molar-refractivity contribution in [3.63, 3.8) is 0 Å². The lowest BCUT2D eigenvalue weighted by Crippen LogP contribution is -2.49. The second-order valence-electron chi connectivity index (χ2n) is 5.12. The van der Waals surface area contributed by atoms with Crippen molar-refractivity contribution in [1.82, 2.24) is 5.32 Å².